The van der Waals surface area contributed by atoms with Gasteiger partial charge in [0.1, 0.15) is 0 Å². The predicted molar refractivity (Wildman–Crippen MR) is 76.9 cm³/mol. The second-order valence-electron chi connectivity index (χ2n) is 4.36. The van der Waals surface area contributed by atoms with Crippen molar-refractivity contribution in [2.24, 2.45) is 0 Å². The SMILES string of the molecule is COCCn1cc(Nc2ncc3ccccc3n2)cn1. The first-order chi connectivity index (χ1) is 9.85. The van der Waals surface area contributed by atoms with Gasteiger partial charge in [0, 0.05) is 24.9 Å². The predicted octanol–water partition coefficient (Wildman–Crippen LogP) is 2.22. The zero-order valence-corrected chi connectivity index (χ0v) is 11.2. The van der Waals surface area contributed by atoms with Crippen LogP contribution >= 0.6 is 0 Å². The number of para-hydroxylation sites is 1. The van der Waals surface area contributed by atoms with Crippen molar-refractivity contribution >= 4 is 22.5 Å². The third-order valence-electron chi connectivity index (χ3n) is 2.90. The highest BCUT2D eigenvalue weighted by atomic mass is 16.5. The van der Waals surface area contributed by atoms with Crippen molar-refractivity contribution in [3.8, 4) is 0 Å². The Bertz CT molecular complexity index is 709. The highest BCUT2D eigenvalue weighted by molar-refractivity contribution is 5.78. The molecule has 0 amide bonds. The van der Waals surface area contributed by atoms with E-state index in [0.29, 0.717) is 12.6 Å². The molecule has 0 aliphatic rings. The van der Waals surface area contributed by atoms with Crippen molar-refractivity contribution in [1.82, 2.24) is 19.7 Å². The molecule has 0 unspecified atom stereocenters. The standard InChI is InChI=1S/C14H15N5O/c1-20-7-6-19-10-12(9-16-19)17-14-15-8-11-4-2-3-5-13(11)18-14/h2-5,8-10H,6-7H2,1H3,(H,15,17,18). The van der Waals surface area contributed by atoms with Gasteiger partial charge in [-0.3, -0.25) is 4.68 Å². The summed E-state index contributed by atoms with van der Waals surface area (Å²) in [4.78, 5) is 8.75. The molecule has 0 saturated heterocycles. The van der Waals surface area contributed by atoms with Crippen LogP contribution < -0.4 is 5.32 Å². The molecule has 3 aromatic rings. The van der Waals surface area contributed by atoms with E-state index in [1.165, 1.54) is 0 Å². The molecule has 0 saturated carbocycles. The van der Waals surface area contributed by atoms with E-state index < -0.39 is 0 Å². The Kier molecular flexibility index (Phi) is 3.56. The number of rotatable bonds is 5. The molecule has 3 rings (SSSR count). The first-order valence-corrected chi connectivity index (χ1v) is 6.35. The molecule has 0 radical (unpaired) electrons. The van der Waals surface area contributed by atoms with Gasteiger partial charge in [0.25, 0.3) is 0 Å². The molecule has 0 fully saturated rings. The molecule has 0 aliphatic carbocycles. The highest BCUT2D eigenvalue weighted by Crippen LogP contribution is 2.15. The summed E-state index contributed by atoms with van der Waals surface area (Å²) in [5.41, 5.74) is 1.77. The van der Waals surface area contributed by atoms with Gasteiger partial charge >= 0.3 is 0 Å². The number of hydrogen-bond donors (Lipinski definition) is 1. The van der Waals surface area contributed by atoms with Gasteiger partial charge in [-0.2, -0.15) is 5.10 Å². The maximum Gasteiger partial charge on any atom is 0.227 e. The molecule has 6 heteroatoms. The molecular weight excluding hydrogens is 254 g/mol. The van der Waals surface area contributed by atoms with Crippen LogP contribution in [0.1, 0.15) is 0 Å². The number of benzene rings is 1. The van der Waals surface area contributed by atoms with Crippen LogP contribution in [0.15, 0.2) is 42.9 Å². The van der Waals surface area contributed by atoms with Crippen LogP contribution in [0.25, 0.3) is 10.9 Å². The highest BCUT2D eigenvalue weighted by Gasteiger charge is 2.02. The molecular formula is C14H15N5O. The van der Waals surface area contributed by atoms with Crippen molar-refractivity contribution in [2.45, 2.75) is 6.54 Å². The smallest absolute Gasteiger partial charge is 0.227 e. The summed E-state index contributed by atoms with van der Waals surface area (Å²) in [6.07, 6.45) is 5.45. The van der Waals surface area contributed by atoms with Crippen molar-refractivity contribution in [3.05, 3.63) is 42.9 Å². The first-order valence-electron chi connectivity index (χ1n) is 6.35. The summed E-state index contributed by atoms with van der Waals surface area (Å²) in [5, 5.41) is 8.40. The zero-order valence-electron chi connectivity index (χ0n) is 11.2. The molecule has 1 aromatic carbocycles. The maximum atomic E-state index is 5.02. The number of methoxy groups -OCH3 is 1. The van der Waals surface area contributed by atoms with E-state index in [1.54, 1.807) is 19.5 Å². The van der Waals surface area contributed by atoms with Crippen LogP contribution in [-0.2, 0) is 11.3 Å². The van der Waals surface area contributed by atoms with E-state index >= 15 is 0 Å². The number of nitrogens with zero attached hydrogens (tertiary/aromatic N) is 4. The Morgan fingerprint density at radius 2 is 2.15 bits per heavy atom. The minimum absolute atomic E-state index is 0.565. The summed E-state index contributed by atoms with van der Waals surface area (Å²) < 4.78 is 6.83. The number of hydrogen-bond acceptors (Lipinski definition) is 5. The molecule has 0 spiro atoms. The number of nitrogens with one attached hydrogen (secondary N) is 1. The van der Waals surface area contributed by atoms with Crippen LogP contribution in [0, 0.1) is 0 Å². The first kappa shape index (κ1) is 12.6. The van der Waals surface area contributed by atoms with E-state index in [0.717, 1.165) is 23.1 Å². The van der Waals surface area contributed by atoms with Crippen LogP contribution in [-0.4, -0.2) is 33.5 Å². The molecule has 102 valence electrons. The molecule has 2 aromatic heterocycles. The van der Waals surface area contributed by atoms with Crippen molar-refractivity contribution < 1.29 is 4.74 Å². The fourth-order valence-corrected chi connectivity index (χ4v) is 1.90. The Hall–Kier alpha value is -2.47. The van der Waals surface area contributed by atoms with Gasteiger partial charge in [-0.15, -0.1) is 0 Å². The lowest BCUT2D eigenvalue weighted by atomic mass is 10.2. The molecule has 2 heterocycles. The van der Waals surface area contributed by atoms with Gasteiger partial charge < -0.3 is 10.1 Å². The average Bonchev–Trinajstić information content (AvgIpc) is 2.92. The van der Waals surface area contributed by atoms with Gasteiger partial charge in [-0.1, -0.05) is 18.2 Å². The largest absolute Gasteiger partial charge is 0.383 e. The van der Waals surface area contributed by atoms with Crippen LogP contribution in [0.5, 0.6) is 0 Å². The topological polar surface area (TPSA) is 64.9 Å². The van der Waals surface area contributed by atoms with Crippen molar-refractivity contribution in [3.63, 3.8) is 0 Å². The average molecular weight is 269 g/mol. The zero-order chi connectivity index (χ0) is 13.8. The number of fused-ring (bicyclic) bond motifs is 1. The summed E-state index contributed by atoms with van der Waals surface area (Å²) in [7, 11) is 1.67. The Morgan fingerprint density at radius 3 is 3.05 bits per heavy atom. The minimum atomic E-state index is 0.565. The van der Waals surface area contributed by atoms with E-state index in [9.17, 15) is 0 Å². The summed E-state index contributed by atoms with van der Waals surface area (Å²) in [6.45, 7) is 1.35. The third-order valence-corrected chi connectivity index (χ3v) is 2.90. The van der Waals surface area contributed by atoms with E-state index in [2.05, 4.69) is 20.4 Å². The molecule has 6 nitrogen and oxygen atoms in total. The Balaban J connectivity index is 1.76. The van der Waals surface area contributed by atoms with E-state index in [1.807, 2.05) is 35.1 Å². The molecule has 1 N–H and O–H groups in total. The van der Waals surface area contributed by atoms with Gasteiger partial charge in [0.05, 0.1) is 30.6 Å². The second-order valence-corrected chi connectivity index (χ2v) is 4.36. The quantitative estimate of drug-likeness (QED) is 0.769. The van der Waals surface area contributed by atoms with E-state index in [-0.39, 0.29) is 0 Å². The number of anilines is 2. The molecule has 0 aliphatic heterocycles. The number of aromatic nitrogens is 4. The van der Waals surface area contributed by atoms with E-state index in [4.69, 9.17) is 4.74 Å². The summed E-state index contributed by atoms with van der Waals surface area (Å²) >= 11 is 0. The molecule has 0 atom stereocenters. The lowest BCUT2D eigenvalue weighted by Gasteiger charge is -2.03. The third kappa shape index (κ3) is 2.75. The fraction of sp³-hybridized carbons (Fsp3) is 0.214. The second kappa shape index (κ2) is 5.66. The van der Waals surface area contributed by atoms with Gasteiger partial charge in [-0.25, -0.2) is 9.97 Å². The van der Waals surface area contributed by atoms with Crippen LogP contribution in [0.3, 0.4) is 0 Å². The fourth-order valence-electron chi connectivity index (χ4n) is 1.90. The summed E-state index contributed by atoms with van der Waals surface area (Å²) in [5.74, 6) is 0.565. The lowest BCUT2D eigenvalue weighted by Crippen LogP contribution is -2.04. The number of ether oxygens (including phenoxy) is 1. The van der Waals surface area contributed by atoms with Crippen LogP contribution in [0.2, 0.25) is 0 Å². The Morgan fingerprint density at radius 1 is 1.25 bits per heavy atom. The van der Waals surface area contributed by atoms with Crippen molar-refractivity contribution in [2.75, 3.05) is 19.0 Å². The monoisotopic (exact) mass is 269 g/mol. The minimum Gasteiger partial charge on any atom is -0.383 e. The molecule has 20 heavy (non-hydrogen) atoms. The Labute approximate surface area is 116 Å². The molecule has 0 bridgehead atoms. The van der Waals surface area contributed by atoms with Gasteiger partial charge in [0.2, 0.25) is 5.95 Å². The van der Waals surface area contributed by atoms with Gasteiger partial charge in [0.15, 0.2) is 0 Å². The lowest BCUT2D eigenvalue weighted by molar-refractivity contribution is 0.183. The van der Waals surface area contributed by atoms with Crippen LogP contribution in [0.4, 0.5) is 11.6 Å². The van der Waals surface area contributed by atoms with Crippen molar-refractivity contribution in [1.29, 1.82) is 0 Å². The maximum absolute atomic E-state index is 5.02. The summed E-state index contributed by atoms with van der Waals surface area (Å²) in [6, 6.07) is 7.88. The van der Waals surface area contributed by atoms with Gasteiger partial charge in [-0.05, 0) is 6.07 Å². The normalized spacial score (nSPS) is 10.8.